The van der Waals surface area contributed by atoms with Crippen LogP contribution in [-0.2, 0) is 22.3 Å². The number of carbonyl (C=O) groups is 2. The molecular weight excluding hydrogens is 351 g/mol. The number of benzene rings is 1. The van der Waals surface area contributed by atoms with Gasteiger partial charge in [0.05, 0.1) is 5.56 Å². The lowest BCUT2D eigenvalue weighted by Gasteiger charge is -2.27. The number of nitrogens with zero attached hydrogens (tertiary/aromatic N) is 2. The highest BCUT2D eigenvalue weighted by atomic mass is 19.4. The van der Waals surface area contributed by atoms with Crippen LogP contribution >= 0.6 is 0 Å². The van der Waals surface area contributed by atoms with Crippen molar-refractivity contribution in [3.63, 3.8) is 0 Å². The summed E-state index contributed by atoms with van der Waals surface area (Å²) >= 11 is 0. The summed E-state index contributed by atoms with van der Waals surface area (Å²) < 4.78 is 43.4. The second-order valence-corrected chi connectivity index (χ2v) is 5.57. The number of fused-ring (bicyclic) bond motifs is 1. The van der Waals surface area contributed by atoms with Gasteiger partial charge in [0.2, 0.25) is 5.91 Å². The van der Waals surface area contributed by atoms with Crippen molar-refractivity contribution in [1.29, 1.82) is 0 Å². The molecule has 1 N–H and O–H groups in total. The number of ether oxygens (including phenoxy) is 1. The molecule has 3 rings (SSSR count). The van der Waals surface area contributed by atoms with Gasteiger partial charge in [-0.15, -0.1) is 0 Å². The quantitative estimate of drug-likeness (QED) is 0.901. The highest BCUT2D eigenvalue weighted by Crippen LogP contribution is 2.30. The van der Waals surface area contributed by atoms with Crippen molar-refractivity contribution in [2.24, 2.45) is 0 Å². The molecule has 2 heterocycles. The van der Waals surface area contributed by atoms with Gasteiger partial charge in [-0.3, -0.25) is 14.5 Å². The number of anilines is 1. The number of pyridine rings is 1. The Bertz CT molecular complexity index is 839. The van der Waals surface area contributed by atoms with Crippen molar-refractivity contribution in [2.75, 3.05) is 18.1 Å². The first-order valence-electron chi connectivity index (χ1n) is 7.65. The van der Waals surface area contributed by atoms with Crippen molar-refractivity contribution in [2.45, 2.75) is 12.7 Å². The summed E-state index contributed by atoms with van der Waals surface area (Å²) in [6.07, 6.45) is -2.98. The molecule has 136 valence electrons. The van der Waals surface area contributed by atoms with Crippen molar-refractivity contribution >= 4 is 17.6 Å². The van der Waals surface area contributed by atoms with E-state index in [9.17, 15) is 22.8 Å². The average molecular weight is 365 g/mol. The Morgan fingerprint density at radius 3 is 2.85 bits per heavy atom. The summed E-state index contributed by atoms with van der Waals surface area (Å²) in [5.41, 5.74) is -0.481. The number of amides is 2. The molecule has 0 spiro atoms. The zero-order valence-electron chi connectivity index (χ0n) is 13.4. The first-order chi connectivity index (χ1) is 12.3. The van der Waals surface area contributed by atoms with Crippen molar-refractivity contribution < 1.29 is 27.5 Å². The van der Waals surface area contributed by atoms with Crippen molar-refractivity contribution in [3.8, 4) is 5.75 Å². The van der Waals surface area contributed by atoms with E-state index in [1.54, 1.807) is 12.1 Å². The molecule has 1 aliphatic heterocycles. The van der Waals surface area contributed by atoms with Crippen LogP contribution in [0.1, 0.15) is 11.1 Å². The summed E-state index contributed by atoms with van der Waals surface area (Å²) in [6.45, 7) is -0.596. The molecule has 1 aromatic carbocycles. The van der Waals surface area contributed by atoms with Crippen LogP contribution in [0, 0.1) is 0 Å². The summed E-state index contributed by atoms with van der Waals surface area (Å²) in [4.78, 5) is 29.3. The Labute approximate surface area is 146 Å². The maximum atomic E-state index is 12.7. The van der Waals surface area contributed by atoms with Crippen LogP contribution in [0.5, 0.6) is 5.75 Å². The topological polar surface area (TPSA) is 71.5 Å². The monoisotopic (exact) mass is 365 g/mol. The zero-order valence-corrected chi connectivity index (χ0v) is 13.4. The fourth-order valence-corrected chi connectivity index (χ4v) is 2.45. The lowest BCUT2D eigenvalue weighted by molar-refractivity contribution is -0.137. The Kier molecular flexibility index (Phi) is 4.79. The maximum absolute atomic E-state index is 12.7. The van der Waals surface area contributed by atoms with Gasteiger partial charge in [-0.05, 0) is 29.8 Å². The summed E-state index contributed by atoms with van der Waals surface area (Å²) in [5, 5.41) is 2.51. The van der Waals surface area contributed by atoms with Gasteiger partial charge in [-0.1, -0.05) is 12.1 Å². The molecule has 2 aromatic rings. The Hall–Kier alpha value is -3.10. The molecule has 6 nitrogen and oxygen atoms in total. The highest BCUT2D eigenvalue weighted by molar-refractivity contribution is 6.01. The molecule has 1 aromatic heterocycles. The predicted octanol–water partition coefficient (Wildman–Crippen LogP) is 2.14. The molecule has 0 fully saturated rings. The minimum atomic E-state index is -4.45. The van der Waals surface area contributed by atoms with Crippen LogP contribution < -0.4 is 15.0 Å². The molecule has 1 aliphatic rings. The third-order valence-electron chi connectivity index (χ3n) is 3.70. The number of hydrogen-bond acceptors (Lipinski definition) is 4. The van der Waals surface area contributed by atoms with E-state index in [4.69, 9.17) is 4.74 Å². The molecule has 26 heavy (non-hydrogen) atoms. The number of rotatable bonds is 4. The third-order valence-corrected chi connectivity index (χ3v) is 3.70. The van der Waals surface area contributed by atoms with E-state index < -0.39 is 23.6 Å². The number of carbonyl (C=O) groups excluding carboxylic acids is 2. The second-order valence-electron chi connectivity index (χ2n) is 5.57. The van der Waals surface area contributed by atoms with E-state index in [1.807, 2.05) is 0 Å². The Balaban J connectivity index is 1.64. The van der Waals surface area contributed by atoms with Gasteiger partial charge in [0, 0.05) is 12.7 Å². The summed E-state index contributed by atoms with van der Waals surface area (Å²) in [6, 6.07) is 7.95. The zero-order chi connectivity index (χ0) is 18.7. The van der Waals surface area contributed by atoms with E-state index >= 15 is 0 Å². The predicted molar refractivity (Wildman–Crippen MR) is 85.4 cm³/mol. The van der Waals surface area contributed by atoms with Crippen molar-refractivity contribution in [1.82, 2.24) is 10.3 Å². The first-order valence-corrected chi connectivity index (χ1v) is 7.65. The van der Waals surface area contributed by atoms with Crippen LogP contribution in [0.2, 0.25) is 0 Å². The van der Waals surface area contributed by atoms with E-state index in [2.05, 4.69) is 10.3 Å². The number of nitrogens with one attached hydrogen (secondary N) is 1. The third kappa shape index (κ3) is 3.93. The first kappa shape index (κ1) is 17.7. The number of alkyl halides is 3. The second kappa shape index (κ2) is 7.03. The molecule has 0 bridgehead atoms. The molecular formula is C17H14F3N3O3. The SMILES string of the molecule is O=C(CN1C(=O)COc2cccnc21)NCc1cccc(C(F)(F)F)c1. The van der Waals surface area contributed by atoms with Crippen LogP contribution in [0.3, 0.4) is 0 Å². The van der Waals surface area contributed by atoms with Gasteiger partial charge in [-0.25, -0.2) is 4.98 Å². The van der Waals surface area contributed by atoms with Gasteiger partial charge >= 0.3 is 6.18 Å². The number of aromatic nitrogens is 1. The van der Waals surface area contributed by atoms with Crippen LogP contribution in [0.15, 0.2) is 42.6 Å². The number of halogens is 3. The largest absolute Gasteiger partial charge is 0.480 e. The molecule has 0 unspecified atom stereocenters. The summed E-state index contributed by atoms with van der Waals surface area (Å²) in [7, 11) is 0. The van der Waals surface area contributed by atoms with Gasteiger partial charge in [0.25, 0.3) is 5.91 Å². The van der Waals surface area contributed by atoms with E-state index in [1.165, 1.54) is 23.2 Å². The molecule has 0 saturated carbocycles. The molecule has 0 atom stereocenters. The van der Waals surface area contributed by atoms with Gasteiger partial charge in [0.15, 0.2) is 18.2 Å². The Morgan fingerprint density at radius 1 is 1.27 bits per heavy atom. The minimum absolute atomic E-state index is 0.0869. The molecule has 0 saturated heterocycles. The lowest BCUT2D eigenvalue weighted by Crippen LogP contribution is -2.45. The van der Waals surface area contributed by atoms with Gasteiger partial charge in [-0.2, -0.15) is 13.2 Å². The van der Waals surface area contributed by atoms with Gasteiger partial charge in [0.1, 0.15) is 6.54 Å². The van der Waals surface area contributed by atoms with Crippen LogP contribution in [0.4, 0.5) is 19.0 Å². The fourth-order valence-electron chi connectivity index (χ4n) is 2.45. The van der Waals surface area contributed by atoms with E-state index in [0.29, 0.717) is 11.3 Å². The smallest absolute Gasteiger partial charge is 0.416 e. The van der Waals surface area contributed by atoms with Crippen LogP contribution in [0.25, 0.3) is 0 Å². The molecule has 0 aliphatic carbocycles. The van der Waals surface area contributed by atoms with E-state index in [-0.39, 0.29) is 25.5 Å². The summed E-state index contributed by atoms with van der Waals surface area (Å²) in [5.74, 6) is -0.324. The highest BCUT2D eigenvalue weighted by Gasteiger charge is 2.30. The molecule has 9 heteroatoms. The fraction of sp³-hybridized carbons (Fsp3) is 0.235. The van der Waals surface area contributed by atoms with Gasteiger partial charge < -0.3 is 10.1 Å². The molecule has 0 radical (unpaired) electrons. The average Bonchev–Trinajstić information content (AvgIpc) is 2.62. The minimum Gasteiger partial charge on any atom is -0.480 e. The van der Waals surface area contributed by atoms with E-state index in [0.717, 1.165) is 12.1 Å². The van der Waals surface area contributed by atoms with Crippen LogP contribution in [-0.4, -0.2) is 29.9 Å². The van der Waals surface area contributed by atoms with Crippen molar-refractivity contribution in [3.05, 3.63) is 53.7 Å². The molecule has 2 amide bonds. The standard InChI is InChI=1S/C17H14F3N3O3/c18-17(19,20)12-4-1-3-11(7-12)8-22-14(24)9-23-15(25)10-26-13-5-2-6-21-16(13)23/h1-7H,8-10H2,(H,22,24). The number of hydrogen-bond donors (Lipinski definition) is 1. The lowest BCUT2D eigenvalue weighted by atomic mass is 10.1. The normalized spacial score (nSPS) is 13.8. The Morgan fingerprint density at radius 2 is 2.08 bits per heavy atom. The maximum Gasteiger partial charge on any atom is 0.416 e.